The highest BCUT2D eigenvalue weighted by atomic mass is 16.4. The number of aliphatic carboxylic acids is 1. The lowest BCUT2D eigenvalue weighted by Gasteiger charge is -2.37. The SMILES string of the molecule is Cc1ccc(NC(=O)N2CCCC(C)C2C(=O)O)c(C)c1. The van der Waals surface area contributed by atoms with Crippen molar-refractivity contribution in [2.75, 3.05) is 11.9 Å². The lowest BCUT2D eigenvalue weighted by Crippen LogP contribution is -2.53. The van der Waals surface area contributed by atoms with Crippen LogP contribution in [0, 0.1) is 19.8 Å². The molecule has 2 amide bonds. The van der Waals surface area contributed by atoms with Crippen LogP contribution in [0.1, 0.15) is 30.9 Å². The van der Waals surface area contributed by atoms with Crippen molar-refractivity contribution in [2.24, 2.45) is 5.92 Å². The molecule has 1 aromatic rings. The number of piperidine rings is 1. The first kappa shape index (κ1) is 15.4. The summed E-state index contributed by atoms with van der Waals surface area (Å²) in [5.41, 5.74) is 2.83. The molecule has 1 aliphatic rings. The highest BCUT2D eigenvalue weighted by molar-refractivity contribution is 5.93. The van der Waals surface area contributed by atoms with Crippen LogP contribution in [0.4, 0.5) is 10.5 Å². The summed E-state index contributed by atoms with van der Waals surface area (Å²) in [6, 6.07) is 4.69. The van der Waals surface area contributed by atoms with E-state index in [0.717, 1.165) is 29.7 Å². The number of hydrogen-bond acceptors (Lipinski definition) is 2. The van der Waals surface area contributed by atoms with Gasteiger partial charge in [0.05, 0.1) is 0 Å². The van der Waals surface area contributed by atoms with Gasteiger partial charge in [-0.05, 0) is 44.2 Å². The summed E-state index contributed by atoms with van der Waals surface area (Å²) in [4.78, 5) is 25.3. The molecule has 5 nitrogen and oxygen atoms in total. The van der Waals surface area contributed by atoms with E-state index in [0.29, 0.717) is 6.54 Å². The molecule has 1 aliphatic heterocycles. The van der Waals surface area contributed by atoms with Crippen LogP contribution in [0.3, 0.4) is 0 Å². The lowest BCUT2D eigenvalue weighted by atomic mass is 9.91. The van der Waals surface area contributed by atoms with Crippen LogP contribution in [-0.4, -0.2) is 34.6 Å². The van der Waals surface area contributed by atoms with Crippen molar-refractivity contribution in [2.45, 2.75) is 39.7 Å². The quantitative estimate of drug-likeness (QED) is 0.879. The van der Waals surface area contributed by atoms with E-state index in [-0.39, 0.29) is 11.9 Å². The monoisotopic (exact) mass is 290 g/mol. The number of carbonyl (C=O) groups excluding carboxylic acids is 1. The zero-order valence-corrected chi connectivity index (χ0v) is 12.7. The molecular weight excluding hydrogens is 268 g/mol. The maximum absolute atomic E-state index is 12.4. The molecule has 1 aromatic carbocycles. The van der Waals surface area contributed by atoms with Gasteiger partial charge in [0.15, 0.2) is 0 Å². The van der Waals surface area contributed by atoms with Crippen molar-refractivity contribution in [3.05, 3.63) is 29.3 Å². The maximum atomic E-state index is 12.4. The Morgan fingerprint density at radius 3 is 2.67 bits per heavy atom. The Kier molecular flexibility index (Phi) is 4.50. The van der Waals surface area contributed by atoms with Crippen molar-refractivity contribution in [3.8, 4) is 0 Å². The summed E-state index contributed by atoms with van der Waals surface area (Å²) in [6.07, 6.45) is 1.68. The number of aryl methyl sites for hydroxylation is 2. The molecule has 114 valence electrons. The third kappa shape index (κ3) is 3.35. The molecule has 0 aromatic heterocycles. The predicted octanol–water partition coefficient (Wildman–Crippen LogP) is 3.02. The second-order valence-corrected chi connectivity index (χ2v) is 5.84. The molecule has 2 unspecified atom stereocenters. The number of carboxylic acid groups (broad SMARTS) is 1. The zero-order chi connectivity index (χ0) is 15.6. The number of carboxylic acids is 1. The molecule has 5 heteroatoms. The smallest absolute Gasteiger partial charge is 0.326 e. The predicted molar refractivity (Wildman–Crippen MR) is 81.5 cm³/mol. The largest absolute Gasteiger partial charge is 0.480 e. The number of urea groups is 1. The van der Waals surface area contributed by atoms with Gasteiger partial charge in [-0.15, -0.1) is 0 Å². The van der Waals surface area contributed by atoms with Crippen molar-refractivity contribution < 1.29 is 14.7 Å². The molecule has 21 heavy (non-hydrogen) atoms. The first-order valence-electron chi connectivity index (χ1n) is 7.28. The van der Waals surface area contributed by atoms with Gasteiger partial charge in [-0.1, -0.05) is 24.6 Å². The zero-order valence-electron chi connectivity index (χ0n) is 12.7. The van der Waals surface area contributed by atoms with Gasteiger partial charge in [0, 0.05) is 12.2 Å². The van der Waals surface area contributed by atoms with Crippen LogP contribution in [0.5, 0.6) is 0 Å². The number of hydrogen-bond donors (Lipinski definition) is 2. The van der Waals surface area contributed by atoms with Crippen LogP contribution < -0.4 is 5.32 Å². The first-order valence-corrected chi connectivity index (χ1v) is 7.28. The number of anilines is 1. The second kappa shape index (κ2) is 6.16. The summed E-state index contributed by atoms with van der Waals surface area (Å²) in [5.74, 6) is -0.959. The Hall–Kier alpha value is -2.04. The minimum absolute atomic E-state index is 0.0267. The molecule has 2 atom stereocenters. The number of amides is 2. The van der Waals surface area contributed by atoms with E-state index in [2.05, 4.69) is 5.32 Å². The average Bonchev–Trinajstić information content (AvgIpc) is 2.41. The fourth-order valence-electron chi connectivity index (χ4n) is 2.93. The van der Waals surface area contributed by atoms with E-state index in [1.807, 2.05) is 39.0 Å². The Bertz CT molecular complexity index is 556. The van der Waals surface area contributed by atoms with E-state index >= 15 is 0 Å². The van der Waals surface area contributed by atoms with Gasteiger partial charge in [-0.25, -0.2) is 9.59 Å². The second-order valence-electron chi connectivity index (χ2n) is 5.84. The standard InChI is InChI=1S/C16H22N2O3/c1-10-6-7-13(12(3)9-10)17-16(21)18-8-4-5-11(2)14(18)15(19)20/h6-7,9,11,14H,4-5,8H2,1-3H3,(H,17,21)(H,19,20). The van der Waals surface area contributed by atoms with Crippen molar-refractivity contribution in [3.63, 3.8) is 0 Å². The van der Waals surface area contributed by atoms with Crippen molar-refractivity contribution in [1.82, 2.24) is 4.90 Å². The molecule has 2 rings (SSSR count). The highest BCUT2D eigenvalue weighted by Gasteiger charge is 2.37. The van der Waals surface area contributed by atoms with Crippen LogP contribution >= 0.6 is 0 Å². The average molecular weight is 290 g/mol. The lowest BCUT2D eigenvalue weighted by molar-refractivity contribution is -0.145. The number of carbonyl (C=O) groups is 2. The molecule has 1 saturated heterocycles. The highest BCUT2D eigenvalue weighted by Crippen LogP contribution is 2.25. The van der Waals surface area contributed by atoms with E-state index in [4.69, 9.17) is 0 Å². The minimum atomic E-state index is -0.932. The molecule has 0 radical (unpaired) electrons. The van der Waals surface area contributed by atoms with Crippen molar-refractivity contribution >= 4 is 17.7 Å². The maximum Gasteiger partial charge on any atom is 0.326 e. The molecule has 0 bridgehead atoms. The topological polar surface area (TPSA) is 69.6 Å². The van der Waals surface area contributed by atoms with Crippen LogP contribution in [0.15, 0.2) is 18.2 Å². The summed E-state index contributed by atoms with van der Waals surface area (Å²) < 4.78 is 0. The van der Waals surface area contributed by atoms with Gasteiger partial charge in [0.1, 0.15) is 6.04 Å². The first-order chi connectivity index (χ1) is 9.90. The number of nitrogens with zero attached hydrogens (tertiary/aromatic N) is 1. The van der Waals surface area contributed by atoms with E-state index in [1.54, 1.807) is 0 Å². The third-order valence-electron chi connectivity index (χ3n) is 4.07. The van der Waals surface area contributed by atoms with Gasteiger partial charge in [-0.3, -0.25) is 0 Å². The van der Waals surface area contributed by atoms with Gasteiger partial charge in [0.2, 0.25) is 0 Å². The molecule has 1 fully saturated rings. The van der Waals surface area contributed by atoms with Crippen LogP contribution in [0.25, 0.3) is 0 Å². The summed E-state index contributed by atoms with van der Waals surface area (Å²) in [5, 5.41) is 12.2. The molecule has 0 saturated carbocycles. The summed E-state index contributed by atoms with van der Waals surface area (Å²) in [6.45, 7) is 6.29. The number of likely N-dealkylation sites (tertiary alicyclic amines) is 1. The minimum Gasteiger partial charge on any atom is -0.480 e. The van der Waals surface area contributed by atoms with Gasteiger partial charge >= 0.3 is 12.0 Å². The number of rotatable bonds is 2. The Morgan fingerprint density at radius 1 is 1.33 bits per heavy atom. The number of benzene rings is 1. The van der Waals surface area contributed by atoms with E-state index in [1.165, 1.54) is 4.90 Å². The number of nitrogens with one attached hydrogen (secondary N) is 1. The van der Waals surface area contributed by atoms with Gasteiger partial charge in [-0.2, -0.15) is 0 Å². The van der Waals surface area contributed by atoms with E-state index in [9.17, 15) is 14.7 Å². The van der Waals surface area contributed by atoms with Gasteiger partial charge in [0.25, 0.3) is 0 Å². The van der Waals surface area contributed by atoms with E-state index < -0.39 is 12.0 Å². The summed E-state index contributed by atoms with van der Waals surface area (Å²) in [7, 11) is 0. The Balaban J connectivity index is 2.16. The molecule has 0 spiro atoms. The third-order valence-corrected chi connectivity index (χ3v) is 4.07. The molecule has 2 N–H and O–H groups in total. The summed E-state index contributed by atoms with van der Waals surface area (Å²) >= 11 is 0. The Labute approximate surface area is 125 Å². The fourth-order valence-corrected chi connectivity index (χ4v) is 2.93. The molecule has 1 heterocycles. The fraction of sp³-hybridized carbons (Fsp3) is 0.500. The van der Waals surface area contributed by atoms with Crippen molar-refractivity contribution in [1.29, 1.82) is 0 Å². The molecular formula is C16H22N2O3. The molecule has 0 aliphatic carbocycles. The van der Waals surface area contributed by atoms with Crippen LogP contribution in [-0.2, 0) is 4.79 Å². The van der Waals surface area contributed by atoms with Crippen LogP contribution in [0.2, 0.25) is 0 Å². The van der Waals surface area contributed by atoms with Gasteiger partial charge < -0.3 is 15.3 Å². The normalized spacial score (nSPS) is 22.0. The Morgan fingerprint density at radius 2 is 2.05 bits per heavy atom.